The van der Waals surface area contributed by atoms with Crippen LogP contribution in [0.5, 0.6) is 0 Å². The van der Waals surface area contributed by atoms with E-state index >= 15 is 0 Å². The molecule has 4 aliphatic carbocycles. The molecule has 0 aromatic heterocycles. The smallest absolute Gasteiger partial charge is 0.0259 e. The summed E-state index contributed by atoms with van der Waals surface area (Å²) in [6, 6.07) is 0. The number of hydrogen-bond acceptors (Lipinski definition) is 0. The number of hydrogen-bond donors (Lipinski definition) is 0. The van der Waals surface area contributed by atoms with Gasteiger partial charge in [-0.15, -0.1) is 5.92 Å². The third-order valence-electron chi connectivity index (χ3n) is 7.97. The molecule has 4 rings (SSSR count). The van der Waals surface area contributed by atoms with Crippen molar-refractivity contribution in [1.29, 1.82) is 0 Å². The highest BCUT2D eigenvalue weighted by Gasteiger charge is 2.57. The average Bonchev–Trinajstić information content (AvgIpc) is 2.84. The number of allylic oxidation sites excluding steroid dienone is 4. The van der Waals surface area contributed by atoms with E-state index in [-0.39, 0.29) is 0 Å². The van der Waals surface area contributed by atoms with Crippen molar-refractivity contribution in [3.8, 4) is 11.8 Å². The third-order valence-corrected chi connectivity index (χ3v) is 7.97. The van der Waals surface area contributed by atoms with E-state index in [9.17, 15) is 0 Å². The van der Waals surface area contributed by atoms with Crippen LogP contribution in [0.15, 0.2) is 23.8 Å². The zero-order chi connectivity index (χ0) is 15.4. The van der Waals surface area contributed by atoms with Crippen LogP contribution in [0.1, 0.15) is 65.7 Å². The molecule has 0 spiro atoms. The predicted octanol–water partition coefficient (Wildman–Crippen LogP) is 5.75. The van der Waals surface area contributed by atoms with Gasteiger partial charge in [0.1, 0.15) is 0 Å². The standard InChI is InChI=1S/C22H30/c1-4-7-16-10-12-19-18-11-9-17-8-5-6-14-21(17,2)20(18)13-15-22(16,19)3/h5,8-9,16,18-20H,6,10-15H2,1-3H3/t16-,18+,19+,20+,21+,22-/m1/s1. The fourth-order valence-corrected chi connectivity index (χ4v) is 6.71. The van der Waals surface area contributed by atoms with Crippen LogP contribution >= 0.6 is 0 Å². The minimum atomic E-state index is 0.466. The van der Waals surface area contributed by atoms with Crippen LogP contribution in [0.4, 0.5) is 0 Å². The summed E-state index contributed by atoms with van der Waals surface area (Å²) in [5, 5.41) is 0. The second kappa shape index (κ2) is 5.02. The van der Waals surface area contributed by atoms with Gasteiger partial charge in [0.05, 0.1) is 0 Å². The maximum absolute atomic E-state index is 3.57. The molecule has 118 valence electrons. The number of rotatable bonds is 0. The summed E-state index contributed by atoms with van der Waals surface area (Å²) in [5.41, 5.74) is 2.62. The minimum absolute atomic E-state index is 0.466. The van der Waals surface area contributed by atoms with Gasteiger partial charge >= 0.3 is 0 Å². The first-order chi connectivity index (χ1) is 10.6. The molecule has 0 radical (unpaired) electrons. The second-order valence-corrected chi connectivity index (χ2v) is 8.70. The van der Waals surface area contributed by atoms with Crippen LogP contribution in [0, 0.1) is 46.3 Å². The molecule has 2 saturated carbocycles. The summed E-state index contributed by atoms with van der Waals surface area (Å²) in [4.78, 5) is 0. The predicted molar refractivity (Wildman–Crippen MR) is 93.2 cm³/mol. The molecule has 4 aliphatic rings. The van der Waals surface area contributed by atoms with E-state index in [0.29, 0.717) is 16.7 Å². The molecule has 0 N–H and O–H groups in total. The molecule has 0 bridgehead atoms. The molecule has 0 heterocycles. The monoisotopic (exact) mass is 294 g/mol. The van der Waals surface area contributed by atoms with Crippen molar-refractivity contribution in [2.24, 2.45) is 34.5 Å². The van der Waals surface area contributed by atoms with Gasteiger partial charge in [-0.25, -0.2) is 0 Å². The third kappa shape index (κ3) is 1.84. The van der Waals surface area contributed by atoms with Crippen molar-refractivity contribution in [2.45, 2.75) is 65.7 Å². The van der Waals surface area contributed by atoms with E-state index in [0.717, 1.165) is 17.8 Å². The Morgan fingerprint density at radius 3 is 2.77 bits per heavy atom. The molecule has 0 aromatic carbocycles. The van der Waals surface area contributed by atoms with Crippen LogP contribution < -0.4 is 0 Å². The van der Waals surface area contributed by atoms with Gasteiger partial charge in [0.2, 0.25) is 0 Å². The summed E-state index contributed by atoms with van der Waals surface area (Å²) in [7, 11) is 0. The Labute approximate surface area is 136 Å². The van der Waals surface area contributed by atoms with E-state index in [1.54, 1.807) is 5.57 Å². The highest BCUT2D eigenvalue weighted by molar-refractivity contribution is 5.34. The molecule has 0 heteroatoms. The fraction of sp³-hybridized carbons (Fsp3) is 0.727. The van der Waals surface area contributed by atoms with Gasteiger partial charge in [0.15, 0.2) is 0 Å². The van der Waals surface area contributed by atoms with Gasteiger partial charge in [-0.1, -0.05) is 38.0 Å². The Hall–Kier alpha value is -0.960. The lowest BCUT2D eigenvalue weighted by Crippen LogP contribution is -2.48. The van der Waals surface area contributed by atoms with Gasteiger partial charge in [-0.05, 0) is 86.0 Å². The average molecular weight is 294 g/mol. The van der Waals surface area contributed by atoms with Crippen LogP contribution in [0.3, 0.4) is 0 Å². The summed E-state index contributed by atoms with van der Waals surface area (Å²) in [6.45, 7) is 7.16. The van der Waals surface area contributed by atoms with Gasteiger partial charge in [-0.2, -0.15) is 0 Å². The minimum Gasteiger partial charge on any atom is -0.106 e. The van der Waals surface area contributed by atoms with E-state index in [1.165, 1.54) is 44.9 Å². The highest BCUT2D eigenvalue weighted by Crippen LogP contribution is 2.65. The first-order valence-electron chi connectivity index (χ1n) is 9.39. The maximum atomic E-state index is 3.57. The van der Waals surface area contributed by atoms with Gasteiger partial charge in [-0.3, -0.25) is 0 Å². The normalized spacial score (nSPS) is 49.3. The van der Waals surface area contributed by atoms with E-state index < -0.39 is 0 Å². The summed E-state index contributed by atoms with van der Waals surface area (Å²) in [6.07, 6.45) is 17.0. The molecule has 0 unspecified atom stereocenters. The molecule has 0 nitrogen and oxygen atoms in total. The number of fused-ring (bicyclic) bond motifs is 5. The lowest BCUT2D eigenvalue weighted by molar-refractivity contribution is -0.0273. The molecular formula is C22H30. The van der Waals surface area contributed by atoms with Crippen molar-refractivity contribution in [2.75, 3.05) is 0 Å². The molecule has 6 atom stereocenters. The molecule has 2 fully saturated rings. The van der Waals surface area contributed by atoms with E-state index in [2.05, 4.69) is 43.9 Å². The quantitative estimate of drug-likeness (QED) is 0.499. The zero-order valence-electron chi connectivity index (χ0n) is 14.5. The Morgan fingerprint density at radius 2 is 1.95 bits per heavy atom. The fourth-order valence-electron chi connectivity index (χ4n) is 6.71. The SMILES string of the molecule is CC#C[C@@H]1CC[C@H]2[C@@H]3CC=C4C=CCC[C@]4(C)[C@H]3CC[C@]12C. The molecule has 0 aromatic rings. The zero-order valence-corrected chi connectivity index (χ0v) is 14.5. The molecular weight excluding hydrogens is 264 g/mol. The van der Waals surface area contributed by atoms with Crippen molar-refractivity contribution in [3.63, 3.8) is 0 Å². The van der Waals surface area contributed by atoms with E-state index in [4.69, 9.17) is 0 Å². The molecule has 22 heavy (non-hydrogen) atoms. The van der Waals surface area contributed by atoms with E-state index in [1.807, 2.05) is 6.92 Å². The van der Waals surface area contributed by atoms with Crippen molar-refractivity contribution in [1.82, 2.24) is 0 Å². The summed E-state index contributed by atoms with van der Waals surface area (Å²) >= 11 is 0. The van der Waals surface area contributed by atoms with Gasteiger partial charge in [0.25, 0.3) is 0 Å². The van der Waals surface area contributed by atoms with Crippen molar-refractivity contribution in [3.05, 3.63) is 23.8 Å². The topological polar surface area (TPSA) is 0 Å². The Morgan fingerprint density at radius 1 is 1.09 bits per heavy atom. The summed E-state index contributed by atoms with van der Waals surface area (Å²) in [5.74, 6) is 10.2. The highest BCUT2D eigenvalue weighted by atomic mass is 14.6. The lowest BCUT2D eigenvalue weighted by atomic mass is 9.48. The molecule has 0 amide bonds. The Balaban J connectivity index is 1.69. The van der Waals surface area contributed by atoms with Gasteiger partial charge in [0, 0.05) is 5.92 Å². The maximum Gasteiger partial charge on any atom is 0.0259 e. The summed E-state index contributed by atoms with van der Waals surface area (Å²) < 4.78 is 0. The first-order valence-corrected chi connectivity index (χ1v) is 9.39. The Kier molecular flexibility index (Phi) is 3.34. The Bertz CT molecular complexity index is 583. The lowest BCUT2D eigenvalue weighted by Gasteiger charge is -2.56. The van der Waals surface area contributed by atoms with Crippen LogP contribution in [-0.2, 0) is 0 Å². The van der Waals surface area contributed by atoms with Crippen LogP contribution in [-0.4, -0.2) is 0 Å². The van der Waals surface area contributed by atoms with Crippen molar-refractivity contribution < 1.29 is 0 Å². The second-order valence-electron chi connectivity index (χ2n) is 8.70. The van der Waals surface area contributed by atoms with Crippen molar-refractivity contribution >= 4 is 0 Å². The first kappa shape index (κ1) is 14.6. The van der Waals surface area contributed by atoms with Crippen LogP contribution in [0.2, 0.25) is 0 Å². The van der Waals surface area contributed by atoms with Gasteiger partial charge < -0.3 is 0 Å². The largest absolute Gasteiger partial charge is 0.106 e. The molecule has 0 aliphatic heterocycles. The van der Waals surface area contributed by atoms with Crippen LogP contribution in [0.25, 0.3) is 0 Å². The molecule has 0 saturated heterocycles.